The van der Waals surface area contributed by atoms with Crippen molar-refractivity contribution in [2.24, 2.45) is 16.1 Å². The molecule has 3 N–H and O–H groups in total. The maximum absolute atomic E-state index is 14.9. The summed E-state index contributed by atoms with van der Waals surface area (Å²) in [5.41, 5.74) is 4.94. The zero-order chi connectivity index (χ0) is 20.0. The fourth-order valence-corrected chi connectivity index (χ4v) is 3.52. The van der Waals surface area contributed by atoms with Crippen molar-refractivity contribution in [2.45, 2.75) is 33.2 Å². The van der Waals surface area contributed by atoms with Gasteiger partial charge >= 0.3 is 0 Å². The molecule has 2 heterocycles. The van der Waals surface area contributed by atoms with Gasteiger partial charge in [0.25, 0.3) is 0 Å². The van der Waals surface area contributed by atoms with Gasteiger partial charge < -0.3 is 10.6 Å². The van der Waals surface area contributed by atoms with E-state index in [1.165, 1.54) is 11.0 Å². The van der Waals surface area contributed by atoms with Crippen molar-refractivity contribution in [2.75, 3.05) is 18.5 Å². The van der Waals surface area contributed by atoms with Crippen LogP contribution in [0.1, 0.15) is 33.3 Å². The average Bonchev–Trinajstić information content (AvgIpc) is 3.15. The molecule has 1 atom stereocenters. The van der Waals surface area contributed by atoms with Crippen molar-refractivity contribution in [3.63, 3.8) is 0 Å². The number of carbonyl (C=O) groups excluding carboxylic acids is 1. The van der Waals surface area contributed by atoms with Crippen molar-refractivity contribution in [3.8, 4) is 0 Å². The zero-order valence-electron chi connectivity index (χ0n) is 16.2. The Hall–Kier alpha value is -2.90. The number of aliphatic imine (C=N–C) groups is 1. The Morgan fingerprint density at radius 1 is 1.30 bits per heavy atom. The van der Waals surface area contributed by atoms with Gasteiger partial charge in [0.15, 0.2) is 5.96 Å². The molecule has 0 bridgehead atoms. The second kappa shape index (κ2) is 6.37. The summed E-state index contributed by atoms with van der Waals surface area (Å²) in [5.74, 6) is 0.238. The van der Waals surface area contributed by atoms with Crippen LogP contribution in [0.5, 0.6) is 0 Å². The lowest BCUT2D eigenvalue weighted by atomic mass is 9.67. The Kier molecular flexibility index (Phi) is 4.45. The number of nitrogens with two attached hydrogens (primary N) is 1. The highest BCUT2D eigenvalue weighted by molar-refractivity contribution is 6.01. The summed E-state index contributed by atoms with van der Waals surface area (Å²) in [6.45, 7) is 7.92. The molecule has 1 aromatic carbocycles. The molecular formula is C19H25FN6O. The van der Waals surface area contributed by atoms with Crippen LogP contribution in [0.25, 0.3) is 0 Å². The van der Waals surface area contributed by atoms with Gasteiger partial charge in [-0.2, -0.15) is 5.10 Å². The van der Waals surface area contributed by atoms with Crippen molar-refractivity contribution in [3.05, 3.63) is 41.8 Å². The number of carbonyl (C=O) groups is 1. The number of rotatable bonds is 4. The van der Waals surface area contributed by atoms with Crippen LogP contribution >= 0.6 is 0 Å². The lowest BCUT2D eigenvalue weighted by Gasteiger charge is -2.46. The Labute approximate surface area is 158 Å². The van der Waals surface area contributed by atoms with Gasteiger partial charge in [-0.3, -0.25) is 14.8 Å². The maximum atomic E-state index is 14.9. The van der Waals surface area contributed by atoms with Crippen LogP contribution < -0.4 is 10.6 Å². The Morgan fingerprint density at radius 2 is 2.00 bits per heavy atom. The van der Waals surface area contributed by atoms with Gasteiger partial charge in [0, 0.05) is 30.9 Å². The molecule has 0 saturated heterocycles. The van der Waals surface area contributed by atoms with E-state index in [0.29, 0.717) is 12.1 Å². The lowest BCUT2D eigenvalue weighted by molar-refractivity contribution is -0.140. The smallest absolute Gasteiger partial charge is 0.237 e. The minimum Gasteiger partial charge on any atom is -0.369 e. The number of hydrogen-bond acceptors (Lipinski definition) is 5. The third-order valence-corrected chi connectivity index (χ3v) is 5.62. The molecule has 144 valence electrons. The summed E-state index contributed by atoms with van der Waals surface area (Å²) >= 11 is 0. The molecule has 2 aromatic rings. The number of nitrogens with zero attached hydrogens (tertiary/aromatic N) is 4. The van der Waals surface area contributed by atoms with Crippen LogP contribution in [0.3, 0.4) is 0 Å². The molecule has 1 aliphatic rings. The second-order valence-corrected chi connectivity index (χ2v) is 7.38. The first-order valence-corrected chi connectivity index (χ1v) is 8.84. The van der Waals surface area contributed by atoms with E-state index >= 15 is 0 Å². The highest BCUT2D eigenvalue weighted by atomic mass is 19.1. The van der Waals surface area contributed by atoms with Crippen LogP contribution in [0.2, 0.25) is 0 Å². The lowest BCUT2D eigenvalue weighted by Crippen LogP contribution is -2.58. The van der Waals surface area contributed by atoms with Crippen LogP contribution in [-0.4, -0.2) is 40.6 Å². The molecule has 0 aliphatic carbocycles. The molecular weight excluding hydrogens is 347 g/mol. The second-order valence-electron chi connectivity index (χ2n) is 7.38. The van der Waals surface area contributed by atoms with Gasteiger partial charge in [0.1, 0.15) is 17.2 Å². The number of H-pyrrole nitrogens is 1. The summed E-state index contributed by atoms with van der Waals surface area (Å²) in [7, 11) is 1.58. The Balaban J connectivity index is 2.18. The van der Waals surface area contributed by atoms with Gasteiger partial charge in [-0.15, -0.1) is 0 Å². The van der Waals surface area contributed by atoms with Gasteiger partial charge in [-0.1, -0.05) is 0 Å². The fraction of sp³-hybridized carbons (Fsp3) is 0.421. The number of amides is 1. The van der Waals surface area contributed by atoms with E-state index in [9.17, 15) is 9.18 Å². The molecule has 0 radical (unpaired) electrons. The first-order chi connectivity index (χ1) is 12.6. The maximum Gasteiger partial charge on any atom is 0.237 e. The number of nitrogens with one attached hydrogen (secondary N) is 1. The van der Waals surface area contributed by atoms with Crippen molar-refractivity contribution >= 4 is 23.4 Å². The predicted molar refractivity (Wildman–Crippen MR) is 103 cm³/mol. The van der Waals surface area contributed by atoms with Gasteiger partial charge in [0.2, 0.25) is 5.91 Å². The quantitative estimate of drug-likeness (QED) is 0.863. The van der Waals surface area contributed by atoms with Gasteiger partial charge in [0.05, 0.1) is 11.6 Å². The number of anilines is 2. The summed E-state index contributed by atoms with van der Waals surface area (Å²) < 4.78 is 14.9. The minimum absolute atomic E-state index is 0.0764. The molecule has 7 nitrogen and oxygen atoms in total. The summed E-state index contributed by atoms with van der Waals surface area (Å²) in [4.78, 5) is 20.7. The number of halogens is 1. The molecule has 1 amide bonds. The minimum atomic E-state index is -1.14. The topological polar surface area (TPSA) is 90.6 Å². The molecule has 0 saturated carbocycles. The molecule has 0 spiro atoms. The van der Waals surface area contributed by atoms with Crippen molar-refractivity contribution < 1.29 is 9.18 Å². The zero-order valence-corrected chi connectivity index (χ0v) is 16.2. The molecule has 3 rings (SSSR count). The Bertz CT molecular complexity index is 892. The van der Waals surface area contributed by atoms with E-state index in [-0.39, 0.29) is 11.9 Å². The number of benzene rings is 1. The molecule has 8 heteroatoms. The van der Waals surface area contributed by atoms with E-state index in [2.05, 4.69) is 15.2 Å². The SMILES string of the molecule is CCN(c1ccc(F)c([C@@]2(C)N=C(N)N(C)C(=O)C2(C)C)c1)c1ccn[nH]1. The third-order valence-electron chi connectivity index (χ3n) is 5.62. The van der Waals surface area contributed by atoms with E-state index < -0.39 is 16.8 Å². The predicted octanol–water partition coefficient (Wildman–Crippen LogP) is 2.73. The number of guanidine groups is 1. The molecule has 27 heavy (non-hydrogen) atoms. The van der Waals surface area contributed by atoms with Crippen molar-refractivity contribution in [1.29, 1.82) is 0 Å². The highest BCUT2D eigenvalue weighted by Crippen LogP contribution is 2.48. The fourth-order valence-electron chi connectivity index (χ4n) is 3.52. The summed E-state index contributed by atoms with van der Waals surface area (Å²) in [5, 5.41) is 6.90. The monoisotopic (exact) mass is 372 g/mol. The Morgan fingerprint density at radius 3 is 2.59 bits per heavy atom. The van der Waals surface area contributed by atoms with Crippen LogP contribution in [0.4, 0.5) is 15.9 Å². The average molecular weight is 372 g/mol. The van der Waals surface area contributed by atoms with E-state index in [4.69, 9.17) is 5.73 Å². The standard InChI is InChI=1S/C19H25FN6O/c1-6-26(15-9-10-22-24-15)12-7-8-14(20)13(11-12)19(4)18(2,3)16(27)25(5)17(21)23-19/h7-11H,6H2,1-5H3,(H2,21,23)(H,22,24)/t19-/m1/s1. The number of aromatic nitrogens is 2. The molecule has 0 fully saturated rings. The third kappa shape index (κ3) is 2.75. The molecule has 0 unspecified atom stereocenters. The van der Waals surface area contributed by atoms with Crippen LogP contribution in [0, 0.1) is 11.2 Å². The summed E-state index contributed by atoms with van der Waals surface area (Å²) in [6, 6.07) is 6.67. The largest absolute Gasteiger partial charge is 0.369 e. The first kappa shape index (κ1) is 18.9. The van der Waals surface area contributed by atoms with Gasteiger partial charge in [-0.05, 0) is 45.9 Å². The summed E-state index contributed by atoms with van der Waals surface area (Å²) in [6.07, 6.45) is 1.66. The van der Waals surface area contributed by atoms with E-state index in [0.717, 1.165) is 11.5 Å². The van der Waals surface area contributed by atoms with Crippen LogP contribution in [0.15, 0.2) is 35.5 Å². The number of hydrogen-bond donors (Lipinski definition) is 2. The van der Waals surface area contributed by atoms with Crippen LogP contribution in [-0.2, 0) is 10.3 Å². The van der Waals surface area contributed by atoms with Crippen molar-refractivity contribution in [1.82, 2.24) is 15.1 Å². The first-order valence-electron chi connectivity index (χ1n) is 8.84. The van der Waals surface area contributed by atoms with Gasteiger partial charge in [-0.25, -0.2) is 9.38 Å². The van der Waals surface area contributed by atoms with E-state index in [1.807, 2.05) is 17.9 Å². The highest BCUT2D eigenvalue weighted by Gasteiger charge is 2.53. The van der Waals surface area contributed by atoms with E-state index in [1.54, 1.807) is 46.1 Å². The molecule has 1 aliphatic heterocycles. The molecule has 1 aromatic heterocycles. The number of aromatic amines is 1. The normalized spacial score (nSPS) is 21.9.